The Labute approximate surface area is 83.7 Å². The van der Waals surface area contributed by atoms with Crippen LogP contribution in [-0.4, -0.2) is 24.4 Å². The molecule has 0 aliphatic carbocycles. The smallest absolute Gasteiger partial charge is 0.253 e. The lowest BCUT2D eigenvalue weighted by molar-refractivity contribution is -0.137. The number of nitrogens with zero attached hydrogens (tertiary/aromatic N) is 2. The molecule has 86 valence electrons. The summed E-state index contributed by atoms with van der Waals surface area (Å²) in [5, 5.41) is 7.79. The summed E-state index contributed by atoms with van der Waals surface area (Å²) in [6.07, 6.45) is -4.44. The first-order valence-corrected chi connectivity index (χ1v) is 5.36. The van der Waals surface area contributed by atoms with Crippen LogP contribution in [0.4, 0.5) is 13.2 Å². The molecule has 5 nitrogen and oxygen atoms in total. The van der Waals surface area contributed by atoms with Crippen LogP contribution >= 0.6 is 0 Å². The molecule has 0 saturated carbocycles. The first-order valence-electron chi connectivity index (χ1n) is 3.81. The van der Waals surface area contributed by atoms with E-state index in [4.69, 9.17) is 5.14 Å². The van der Waals surface area contributed by atoms with Crippen LogP contribution in [0.25, 0.3) is 0 Å². The first-order chi connectivity index (χ1) is 6.70. The third-order valence-electron chi connectivity index (χ3n) is 1.58. The number of alkyl halides is 3. The molecule has 0 unspecified atom stereocenters. The van der Waals surface area contributed by atoms with Gasteiger partial charge < -0.3 is 0 Å². The van der Waals surface area contributed by atoms with Gasteiger partial charge in [0.1, 0.15) is 0 Å². The molecule has 0 spiro atoms. The second kappa shape index (κ2) is 3.81. The molecule has 0 aliphatic rings. The largest absolute Gasteiger partial charge is 0.390 e. The quantitative estimate of drug-likeness (QED) is 0.838. The van der Waals surface area contributed by atoms with E-state index in [0.717, 1.165) is 12.3 Å². The zero-order valence-electron chi connectivity index (χ0n) is 7.40. The van der Waals surface area contributed by atoms with Gasteiger partial charge in [0.05, 0.1) is 19.2 Å². The average Bonchev–Trinajstić information content (AvgIpc) is 2.45. The van der Waals surface area contributed by atoms with Gasteiger partial charge in [-0.3, -0.25) is 4.68 Å². The van der Waals surface area contributed by atoms with E-state index >= 15 is 0 Å². The Morgan fingerprint density at radius 1 is 1.47 bits per heavy atom. The number of hydrogen-bond acceptors (Lipinski definition) is 3. The second-order valence-corrected chi connectivity index (χ2v) is 4.31. The predicted octanol–water partition coefficient (Wildman–Crippen LogP) is 0.483. The Hall–Kier alpha value is -1.09. The Bertz CT molecular complexity index is 437. The Balaban J connectivity index is 2.84. The van der Waals surface area contributed by atoms with Gasteiger partial charge in [0.15, 0.2) is 5.03 Å². The summed E-state index contributed by atoms with van der Waals surface area (Å²) >= 11 is 0. The number of halogens is 3. The molecule has 0 bridgehead atoms. The number of nitrogens with two attached hydrogens (primary N) is 1. The molecule has 0 radical (unpaired) electrons. The highest BCUT2D eigenvalue weighted by Crippen LogP contribution is 2.20. The molecule has 1 aromatic rings. The third-order valence-corrected chi connectivity index (χ3v) is 2.51. The molecule has 1 heterocycles. The summed E-state index contributed by atoms with van der Waals surface area (Å²) in [6, 6.07) is 1.05. The van der Waals surface area contributed by atoms with Gasteiger partial charge in [-0.05, 0) is 6.07 Å². The molecule has 0 saturated heterocycles. The van der Waals surface area contributed by atoms with Crippen molar-refractivity contribution >= 4 is 10.0 Å². The maximum absolute atomic E-state index is 11.9. The summed E-state index contributed by atoms with van der Waals surface area (Å²) in [7, 11) is -4.02. The molecular weight excluding hydrogens is 235 g/mol. The number of rotatable bonds is 3. The minimum atomic E-state index is -4.36. The lowest BCUT2D eigenvalue weighted by Crippen LogP contribution is -2.20. The van der Waals surface area contributed by atoms with Crippen LogP contribution in [-0.2, 0) is 16.6 Å². The van der Waals surface area contributed by atoms with Crippen molar-refractivity contribution in [3.8, 4) is 0 Å². The van der Waals surface area contributed by atoms with Crippen LogP contribution in [0.2, 0.25) is 0 Å². The van der Waals surface area contributed by atoms with Gasteiger partial charge in [0.25, 0.3) is 10.0 Å². The average molecular weight is 243 g/mol. The van der Waals surface area contributed by atoms with Crippen LogP contribution < -0.4 is 5.14 Å². The first kappa shape index (κ1) is 12.0. The maximum atomic E-state index is 11.9. The predicted molar refractivity (Wildman–Crippen MR) is 44.3 cm³/mol. The molecule has 0 fully saturated rings. The van der Waals surface area contributed by atoms with Gasteiger partial charge in [-0.25, -0.2) is 13.6 Å². The lowest BCUT2D eigenvalue weighted by Gasteiger charge is -2.08. The zero-order valence-corrected chi connectivity index (χ0v) is 8.22. The van der Waals surface area contributed by atoms with Crippen molar-refractivity contribution in [2.24, 2.45) is 5.14 Å². The van der Waals surface area contributed by atoms with E-state index in [9.17, 15) is 21.6 Å². The molecule has 0 amide bonds. The SMILES string of the molecule is NS(=O)(=O)c1ccnn1CCC(F)(F)F. The number of sulfonamides is 1. The fraction of sp³-hybridized carbons (Fsp3) is 0.500. The molecular formula is C6H8F3N3O2S. The normalized spacial score (nSPS) is 13.1. The lowest BCUT2D eigenvalue weighted by atomic mass is 10.4. The van der Waals surface area contributed by atoms with Crippen LogP contribution in [0.15, 0.2) is 17.3 Å². The Morgan fingerprint density at radius 3 is 2.53 bits per heavy atom. The van der Waals surface area contributed by atoms with E-state index in [1.165, 1.54) is 0 Å². The fourth-order valence-electron chi connectivity index (χ4n) is 0.963. The molecule has 15 heavy (non-hydrogen) atoms. The molecule has 1 rings (SSSR count). The van der Waals surface area contributed by atoms with Crippen molar-refractivity contribution in [2.75, 3.05) is 0 Å². The number of hydrogen-bond donors (Lipinski definition) is 1. The Morgan fingerprint density at radius 2 is 2.07 bits per heavy atom. The van der Waals surface area contributed by atoms with Gasteiger partial charge >= 0.3 is 6.18 Å². The molecule has 0 aliphatic heterocycles. The summed E-state index contributed by atoms with van der Waals surface area (Å²) in [6.45, 7) is -0.567. The fourth-order valence-corrected chi connectivity index (χ4v) is 1.65. The van der Waals surface area contributed by atoms with Crippen LogP contribution in [0.1, 0.15) is 6.42 Å². The van der Waals surface area contributed by atoms with E-state index in [1.807, 2.05) is 0 Å². The van der Waals surface area contributed by atoms with Crippen molar-refractivity contribution in [1.82, 2.24) is 9.78 Å². The highest BCUT2D eigenvalue weighted by Gasteiger charge is 2.28. The van der Waals surface area contributed by atoms with Crippen LogP contribution in [0.3, 0.4) is 0 Å². The van der Waals surface area contributed by atoms with E-state index in [0.29, 0.717) is 4.68 Å². The zero-order chi connectivity index (χ0) is 11.7. The summed E-state index contributed by atoms with van der Waals surface area (Å²) < 4.78 is 58.0. The van der Waals surface area contributed by atoms with Crippen molar-refractivity contribution < 1.29 is 21.6 Å². The van der Waals surface area contributed by atoms with E-state index in [2.05, 4.69) is 5.10 Å². The molecule has 0 atom stereocenters. The summed E-state index contributed by atoms with van der Waals surface area (Å²) in [5.74, 6) is 0. The van der Waals surface area contributed by atoms with E-state index in [1.54, 1.807) is 0 Å². The number of primary sulfonamides is 1. The Kier molecular flexibility index (Phi) is 3.05. The monoisotopic (exact) mass is 243 g/mol. The summed E-state index contributed by atoms with van der Waals surface area (Å²) in [4.78, 5) is 0. The second-order valence-electron chi connectivity index (χ2n) is 2.80. The number of aryl methyl sites for hydroxylation is 1. The van der Waals surface area contributed by atoms with Gasteiger partial charge in [-0.1, -0.05) is 0 Å². The molecule has 9 heteroatoms. The van der Waals surface area contributed by atoms with Gasteiger partial charge in [0.2, 0.25) is 0 Å². The van der Waals surface area contributed by atoms with Crippen molar-refractivity contribution in [1.29, 1.82) is 0 Å². The molecule has 1 aromatic heterocycles. The summed E-state index contributed by atoms with van der Waals surface area (Å²) in [5.41, 5.74) is 0. The minimum absolute atomic E-state index is 0.424. The molecule has 0 aromatic carbocycles. The third kappa shape index (κ3) is 3.51. The van der Waals surface area contributed by atoms with Crippen molar-refractivity contribution in [2.45, 2.75) is 24.2 Å². The van der Waals surface area contributed by atoms with Crippen molar-refractivity contribution in [3.63, 3.8) is 0 Å². The molecule has 2 N–H and O–H groups in total. The van der Waals surface area contributed by atoms with E-state index in [-0.39, 0.29) is 0 Å². The van der Waals surface area contributed by atoms with Crippen LogP contribution in [0, 0.1) is 0 Å². The standard InChI is InChI=1S/C6H8F3N3O2S/c7-6(8,9)2-4-12-5(1-3-11-12)15(10,13)14/h1,3H,2,4H2,(H2,10,13,14). The van der Waals surface area contributed by atoms with Crippen LogP contribution in [0.5, 0.6) is 0 Å². The van der Waals surface area contributed by atoms with Gasteiger partial charge in [-0.2, -0.15) is 18.3 Å². The highest BCUT2D eigenvalue weighted by molar-refractivity contribution is 7.89. The topological polar surface area (TPSA) is 78.0 Å². The number of aromatic nitrogens is 2. The van der Waals surface area contributed by atoms with E-state index < -0.39 is 34.2 Å². The van der Waals surface area contributed by atoms with Gasteiger partial charge in [-0.15, -0.1) is 0 Å². The van der Waals surface area contributed by atoms with Gasteiger partial charge in [0, 0.05) is 0 Å². The van der Waals surface area contributed by atoms with Crippen molar-refractivity contribution in [3.05, 3.63) is 12.3 Å². The minimum Gasteiger partial charge on any atom is -0.253 e. The highest BCUT2D eigenvalue weighted by atomic mass is 32.2. The maximum Gasteiger partial charge on any atom is 0.390 e.